The van der Waals surface area contributed by atoms with Gasteiger partial charge in [-0.05, 0) is 0 Å². The molecule has 1 rings (SSSR count). The molecule has 0 aliphatic rings. The predicted octanol–water partition coefficient (Wildman–Crippen LogP) is -3.37. The Hall–Kier alpha value is -1.23. The number of nitrogens with zero attached hydrogens (tertiary/aromatic N) is 1. The molecular formula is C8H9BHgNO8-. The first-order chi connectivity index (χ1) is 8.82. The van der Waals surface area contributed by atoms with E-state index in [0.29, 0.717) is 0 Å². The second-order valence-electron chi connectivity index (χ2n) is 3.17. The summed E-state index contributed by atoms with van der Waals surface area (Å²) >= 11 is -2.21. The molecule has 19 heavy (non-hydrogen) atoms. The van der Waals surface area contributed by atoms with Crippen LogP contribution in [0.2, 0.25) is 0 Å². The van der Waals surface area contributed by atoms with E-state index < -0.39 is 46.6 Å². The third-order valence-electron chi connectivity index (χ3n) is 1.74. The minimum Gasteiger partial charge on any atom is -0.402 e. The number of carbonyl (C=O) groups is 1. The molecule has 1 atom stereocenters. The topological polar surface area (TPSA) is 153 Å². The number of rotatable bonds is 5. The van der Waals surface area contributed by atoms with Crippen molar-refractivity contribution < 1.29 is 59.5 Å². The zero-order chi connectivity index (χ0) is 14.8. The zero-order valence-electron chi connectivity index (χ0n) is 9.58. The van der Waals surface area contributed by atoms with Gasteiger partial charge in [-0.15, -0.1) is 0 Å². The fraction of sp³-hybridized carbons (Fsp3) is 0.125. The molecule has 0 bridgehead atoms. The van der Waals surface area contributed by atoms with E-state index in [2.05, 4.69) is 4.84 Å². The van der Waals surface area contributed by atoms with Gasteiger partial charge in [-0.3, -0.25) is 0 Å². The first-order valence-corrected chi connectivity index (χ1v) is 10.9. The Kier molecular flexibility index (Phi) is 9.04. The Morgan fingerprint density at radius 1 is 1.32 bits per heavy atom. The maximum absolute atomic E-state index is 10.6. The Morgan fingerprint density at radius 3 is 2.16 bits per heavy atom. The summed E-state index contributed by atoms with van der Waals surface area (Å²) in [6.07, 6.45) is 0. The molecule has 0 saturated heterocycles. The van der Waals surface area contributed by atoms with E-state index in [9.17, 15) is 20.0 Å². The van der Waals surface area contributed by atoms with Gasteiger partial charge in [-0.25, -0.2) is 0 Å². The van der Waals surface area contributed by atoms with Gasteiger partial charge in [0, 0.05) is 0 Å². The maximum Gasteiger partial charge on any atom is 0.631 e. The van der Waals surface area contributed by atoms with Crippen molar-refractivity contribution in [2.45, 2.75) is 3.61 Å². The summed E-state index contributed by atoms with van der Waals surface area (Å²) in [7, 11) is -2.17. The van der Waals surface area contributed by atoms with E-state index in [1.54, 1.807) is 30.3 Å². The van der Waals surface area contributed by atoms with Crippen LogP contribution in [0.5, 0.6) is 0 Å². The van der Waals surface area contributed by atoms with Crippen molar-refractivity contribution in [2.24, 2.45) is 0 Å². The normalized spacial score (nSPS) is 10.3. The van der Waals surface area contributed by atoms with Gasteiger partial charge in [-0.1, -0.05) is 0 Å². The Morgan fingerprint density at radius 2 is 1.79 bits per heavy atom. The van der Waals surface area contributed by atoms with Crippen molar-refractivity contribution in [1.82, 2.24) is 0 Å². The smallest absolute Gasteiger partial charge is 0.402 e. The van der Waals surface area contributed by atoms with Gasteiger partial charge >= 0.3 is 105 Å². The number of hydrogen-bond donors (Lipinski definition) is 3. The van der Waals surface area contributed by atoms with Gasteiger partial charge in [0.05, 0.1) is 0 Å². The van der Waals surface area contributed by atoms with Gasteiger partial charge in [0.1, 0.15) is 0 Å². The van der Waals surface area contributed by atoms with Crippen LogP contribution in [0.4, 0.5) is 0 Å². The van der Waals surface area contributed by atoms with Crippen LogP contribution in [-0.2, 0) is 34.2 Å². The van der Waals surface area contributed by atoms with Crippen LogP contribution in [-0.4, -0.2) is 37.1 Å². The first kappa shape index (κ1) is 17.8. The molecule has 0 aliphatic carbocycles. The summed E-state index contributed by atoms with van der Waals surface area (Å²) < 4.78 is -0.490. The van der Waals surface area contributed by atoms with Crippen molar-refractivity contribution in [3.8, 4) is 0 Å². The number of aliphatic carboxylic acids is 1. The summed E-state index contributed by atoms with van der Waals surface area (Å²) in [4.78, 5) is 24.7. The molecule has 100 valence electrons. The molecule has 1 aromatic carbocycles. The Bertz CT molecular complexity index is 400. The largest absolute Gasteiger partial charge is 0.631 e. The molecule has 0 aromatic heterocycles. The molecule has 11 heteroatoms. The molecular weight excluding hydrogens is 449 g/mol. The van der Waals surface area contributed by atoms with Crippen LogP contribution in [0.15, 0.2) is 30.3 Å². The summed E-state index contributed by atoms with van der Waals surface area (Å²) in [5.74, 6) is -1.50. The van der Waals surface area contributed by atoms with Crippen LogP contribution in [0.25, 0.3) is 0 Å². The molecule has 0 saturated carbocycles. The summed E-state index contributed by atoms with van der Waals surface area (Å²) in [6.45, 7) is 0. The van der Waals surface area contributed by atoms with Gasteiger partial charge in [0.25, 0.3) is 0 Å². The second-order valence-corrected chi connectivity index (χ2v) is 10.8. The second kappa shape index (κ2) is 9.67. The Labute approximate surface area is 120 Å². The van der Waals surface area contributed by atoms with Crippen molar-refractivity contribution in [3.05, 3.63) is 40.4 Å². The molecule has 1 unspecified atom stereocenters. The number of carboxylic acids is 1. The maximum atomic E-state index is 10.6. The molecule has 0 amide bonds. The van der Waals surface area contributed by atoms with Gasteiger partial charge in [-0.2, -0.15) is 0 Å². The number of benzene rings is 1. The Balaban J connectivity index is 0.000000711. The predicted molar refractivity (Wildman–Crippen MR) is 55.4 cm³/mol. The average Bonchev–Trinajstić information content (AvgIpc) is 2.28. The molecule has 0 spiro atoms. The minimum absolute atomic E-state index is 0.855. The third kappa shape index (κ3) is 10.4. The van der Waals surface area contributed by atoms with Crippen LogP contribution < -0.4 is 8.18 Å². The quantitative estimate of drug-likeness (QED) is 0.235. The molecule has 0 fully saturated rings. The van der Waals surface area contributed by atoms with Crippen molar-refractivity contribution in [3.63, 3.8) is 0 Å². The number of carbonyl (C=O) groups excluding carboxylic acids is 1. The molecule has 0 radical (unpaired) electrons. The van der Waals surface area contributed by atoms with Crippen LogP contribution in [0.3, 0.4) is 0 Å². The van der Waals surface area contributed by atoms with Crippen molar-refractivity contribution in [2.75, 3.05) is 0 Å². The average molecular weight is 459 g/mol. The van der Waals surface area contributed by atoms with Gasteiger partial charge in [0.15, 0.2) is 0 Å². The summed E-state index contributed by atoms with van der Waals surface area (Å²) in [5, 5.41) is 41.0. The van der Waals surface area contributed by atoms with Crippen LogP contribution >= 0.6 is 0 Å². The van der Waals surface area contributed by atoms with E-state index in [0.717, 1.165) is 3.07 Å². The van der Waals surface area contributed by atoms with Gasteiger partial charge in [0.2, 0.25) is 0 Å². The fourth-order valence-electron chi connectivity index (χ4n) is 1.10. The monoisotopic (exact) mass is 460 g/mol. The molecule has 3 N–H and O–H groups in total. The molecule has 0 aliphatic heterocycles. The summed E-state index contributed by atoms with van der Waals surface area (Å²) in [5.41, 5.74) is 0. The van der Waals surface area contributed by atoms with Gasteiger partial charge < -0.3 is 15.1 Å². The molecule has 0 heterocycles. The molecule has 1 aromatic rings. The third-order valence-corrected chi connectivity index (χ3v) is 8.72. The fourth-order valence-corrected chi connectivity index (χ4v) is 6.29. The van der Waals surface area contributed by atoms with E-state index in [-0.39, 0.29) is 0 Å². The number of carboxylic acid groups (broad SMARTS) is 1. The standard InChI is InChI=1S/C6H5.C2H2NO5.BH3O3.Hg/c1-2-4-6-5-3-1;4-2(5)1-8-3(6)7;2-1(3)4;/h1-5H;1H,(H,4,5);2-4H;/p-1. The summed E-state index contributed by atoms with van der Waals surface area (Å²) in [6, 6.07) is 8.81. The SMILES string of the molecule is O=C([O-])[CH](O[N+](=O)[O-])[Hg][c]1ccccc1.OB(O)O. The zero-order valence-corrected chi connectivity index (χ0v) is 15.1. The van der Waals surface area contributed by atoms with Crippen molar-refractivity contribution >= 4 is 16.4 Å². The first-order valence-electron chi connectivity index (χ1n) is 4.93. The van der Waals surface area contributed by atoms with E-state index in [1.807, 2.05) is 0 Å². The van der Waals surface area contributed by atoms with E-state index in [1.165, 1.54) is 0 Å². The molecule has 9 nitrogen and oxygen atoms in total. The van der Waals surface area contributed by atoms with E-state index in [4.69, 9.17) is 15.1 Å². The number of hydrogen-bond acceptors (Lipinski definition) is 8. The van der Waals surface area contributed by atoms with Crippen LogP contribution in [0, 0.1) is 10.1 Å². The van der Waals surface area contributed by atoms with Crippen LogP contribution in [0.1, 0.15) is 0 Å². The van der Waals surface area contributed by atoms with E-state index >= 15 is 0 Å². The van der Waals surface area contributed by atoms with Crippen molar-refractivity contribution in [1.29, 1.82) is 0 Å². The minimum atomic E-state index is -2.21.